The lowest BCUT2D eigenvalue weighted by molar-refractivity contribution is -0.578. The molecule has 2 aromatic carbocycles. The Bertz CT molecular complexity index is 1110. The van der Waals surface area contributed by atoms with Gasteiger partial charge in [0.05, 0.1) is 0 Å². The lowest BCUT2D eigenvalue weighted by Gasteiger charge is -2.19. The summed E-state index contributed by atoms with van der Waals surface area (Å²) in [6.45, 7) is 5.94. The van der Waals surface area contributed by atoms with E-state index in [1.165, 1.54) is 0 Å². The van der Waals surface area contributed by atoms with Crippen LogP contribution in [0.25, 0.3) is 11.5 Å². The average Bonchev–Trinajstić information content (AvgIpc) is 2.67. The van der Waals surface area contributed by atoms with E-state index in [0.717, 1.165) is 22.4 Å². The number of nitrogens with zero attached hydrogens (tertiary/aromatic N) is 1. The maximum atomic E-state index is 13.5. The van der Waals surface area contributed by atoms with Crippen LogP contribution in [0.1, 0.15) is 22.3 Å². The molecule has 0 saturated carbocycles. The lowest BCUT2D eigenvalue weighted by atomic mass is 10.1. The zero-order chi connectivity index (χ0) is 21.1. The topological polar surface area (TPSA) is 39.0 Å². The molecule has 0 aliphatic carbocycles. The predicted octanol–water partition coefficient (Wildman–Crippen LogP) is 5.33. The summed E-state index contributed by atoms with van der Waals surface area (Å²) in [5.74, 6) is -0.308. The smallest absolute Gasteiger partial charge is 0.238 e. The van der Waals surface area contributed by atoms with Crippen LogP contribution in [-0.2, 0) is 0 Å². The van der Waals surface area contributed by atoms with Gasteiger partial charge in [-0.25, -0.2) is 0 Å². The standard InChI is InChI=1S/C23H20Cl2N2OS/c1-14-6-5-11-27(13-14)21(22(28)18-12-17(24)9-10-19(18)25)23(29)26-20-15(2)7-4-8-16(20)3/h4-13H,1-3H3,(H-,26,28,29). The minimum atomic E-state index is -0.308. The van der Waals surface area contributed by atoms with Crippen molar-refractivity contribution in [3.8, 4) is 0 Å². The van der Waals surface area contributed by atoms with Gasteiger partial charge in [-0.1, -0.05) is 53.6 Å². The predicted molar refractivity (Wildman–Crippen MR) is 123 cm³/mol. The van der Waals surface area contributed by atoms with E-state index < -0.39 is 0 Å². The molecule has 1 aromatic heterocycles. The number of pyridine rings is 1. The van der Waals surface area contributed by atoms with Crippen molar-refractivity contribution in [2.45, 2.75) is 20.8 Å². The number of halogens is 2. The first-order chi connectivity index (χ1) is 13.8. The highest BCUT2D eigenvalue weighted by Gasteiger charge is 2.21. The monoisotopic (exact) mass is 442 g/mol. The summed E-state index contributed by atoms with van der Waals surface area (Å²) in [7, 11) is 0. The Balaban J connectivity index is 2.18. The molecule has 0 aliphatic rings. The highest BCUT2D eigenvalue weighted by Crippen LogP contribution is 2.28. The number of rotatable bonds is 4. The first-order valence-electron chi connectivity index (χ1n) is 9.00. The number of thiocarbonyl (C=S) groups is 1. The molecule has 0 atom stereocenters. The molecule has 0 unspecified atom stereocenters. The van der Waals surface area contributed by atoms with Crippen molar-refractivity contribution < 1.29 is 9.67 Å². The van der Waals surface area contributed by atoms with Gasteiger partial charge >= 0.3 is 0 Å². The van der Waals surface area contributed by atoms with E-state index in [0.29, 0.717) is 26.3 Å². The minimum Gasteiger partial charge on any atom is -0.867 e. The highest BCUT2D eigenvalue weighted by atomic mass is 35.5. The molecule has 148 valence electrons. The van der Waals surface area contributed by atoms with Crippen LogP contribution in [0.2, 0.25) is 10.0 Å². The Morgan fingerprint density at radius 2 is 1.69 bits per heavy atom. The normalized spacial score (nSPS) is 11.8. The summed E-state index contributed by atoms with van der Waals surface area (Å²) in [5, 5.41) is 17.5. The Morgan fingerprint density at radius 1 is 1.00 bits per heavy atom. The summed E-state index contributed by atoms with van der Waals surface area (Å²) >= 11 is 18.1. The van der Waals surface area contributed by atoms with Gasteiger partial charge in [0.15, 0.2) is 17.4 Å². The van der Waals surface area contributed by atoms with Gasteiger partial charge in [-0.2, -0.15) is 4.57 Å². The molecule has 3 nitrogen and oxygen atoms in total. The van der Waals surface area contributed by atoms with E-state index >= 15 is 0 Å². The van der Waals surface area contributed by atoms with E-state index in [9.17, 15) is 5.11 Å². The molecule has 0 aliphatic heterocycles. The molecular weight excluding hydrogens is 423 g/mol. The third-order valence-corrected chi connectivity index (χ3v) is 5.39. The number of aromatic nitrogens is 1. The van der Waals surface area contributed by atoms with Crippen LogP contribution in [0.15, 0.2) is 60.9 Å². The van der Waals surface area contributed by atoms with E-state index in [1.54, 1.807) is 29.0 Å². The molecular formula is C23H20Cl2N2OS. The fourth-order valence-electron chi connectivity index (χ4n) is 3.05. The summed E-state index contributed by atoms with van der Waals surface area (Å²) in [6, 6.07) is 14.6. The van der Waals surface area contributed by atoms with E-state index in [4.69, 9.17) is 35.4 Å². The zero-order valence-corrected chi connectivity index (χ0v) is 18.6. The molecule has 1 heterocycles. The molecule has 0 fully saturated rings. The van der Waals surface area contributed by atoms with E-state index in [-0.39, 0.29) is 5.76 Å². The molecule has 6 heteroatoms. The molecule has 3 rings (SSSR count). The molecule has 1 N–H and O–H groups in total. The van der Waals surface area contributed by atoms with Crippen LogP contribution in [0, 0.1) is 20.8 Å². The second-order valence-electron chi connectivity index (χ2n) is 6.81. The van der Waals surface area contributed by atoms with Gasteiger partial charge in [0.1, 0.15) is 0 Å². The van der Waals surface area contributed by atoms with Gasteiger partial charge in [-0.3, -0.25) is 0 Å². The van der Waals surface area contributed by atoms with Crippen molar-refractivity contribution in [2.75, 3.05) is 5.32 Å². The molecule has 3 aromatic rings. The summed E-state index contributed by atoms with van der Waals surface area (Å²) in [6.07, 6.45) is 3.64. The summed E-state index contributed by atoms with van der Waals surface area (Å²) in [4.78, 5) is 0.305. The van der Waals surface area contributed by atoms with Crippen LogP contribution in [0.4, 0.5) is 5.69 Å². The molecule has 0 amide bonds. The summed E-state index contributed by atoms with van der Waals surface area (Å²) in [5.41, 5.74) is 4.55. The van der Waals surface area contributed by atoms with Crippen molar-refractivity contribution in [1.29, 1.82) is 0 Å². The fraction of sp³-hybridized carbons (Fsp3) is 0.130. The van der Waals surface area contributed by atoms with Crippen molar-refractivity contribution in [3.63, 3.8) is 0 Å². The van der Waals surface area contributed by atoms with E-state index in [1.807, 2.05) is 57.3 Å². The van der Waals surface area contributed by atoms with Gasteiger partial charge in [-0.05, 0) is 67.5 Å². The first kappa shape index (κ1) is 21.3. The minimum absolute atomic E-state index is 0.300. The molecule has 0 bridgehead atoms. The largest absolute Gasteiger partial charge is 0.867 e. The molecule has 0 radical (unpaired) electrons. The Hall–Kier alpha value is -2.40. The van der Waals surface area contributed by atoms with Crippen LogP contribution >= 0.6 is 35.4 Å². The number of para-hydroxylation sites is 1. The van der Waals surface area contributed by atoms with Gasteiger partial charge in [0.25, 0.3) is 0 Å². The molecule has 0 saturated heterocycles. The number of aryl methyl sites for hydroxylation is 3. The third-order valence-electron chi connectivity index (χ3n) is 4.53. The quantitative estimate of drug-likeness (QED) is 0.256. The number of hydrogen-bond donors (Lipinski definition) is 1. The number of hydrogen-bond acceptors (Lipinski definition) is 2. The maximum absolute atomic E-state index is 13.5. The highest BCUT2D eigenvalue weighted by molar-refractivity contribution is 7.81. The van der Waals surface area contributed by atoms with Crippen molar-refractivity contribution in [3.05, 3.63) is 93.2 Å². The molecule has 0 spiro atoms. The van der Waals surface area contributed by atoms with Gasteiger partial charge in [0, 0.05) is 27.4 Å². The number of benzene rings is 2. The SMILES string of the molecule is Cc1ccc[n+](/C(C(=S)Nc2c(C)cccc2C)=C(/[O-])c2cc(Cl)ccc2Cl)c1. The average molecular weight is 443 g/mol. The second kappa shape index (κ2) is 8.95. The van der Waals surface area contributed by atoms with Crippen LogP contribution in [0.3, 0.4) is 0 Å². The van der Waals surface area contributed by atoms with Crippen molar-refractivity contribution >= 4 is 57.6 Å². The third kappa shape index (κ3) is 4.78. The summed E-state index contributed by atoms with van der Waals surface area (Å²) < 4.78 is 1.72. The van der Waals surface area contributed by atoms with Crippen molar-refractivity contribution in [1.82, 2.24) is 0 Å². The number of anilines is 1. The molecule has 29 heavy (non-hydrogen) atoms. The Kier molecular flexibility index (Phi) is 6.58. The van der Waals surface area contributed by atoms with Crippen molar-refractivity contribution in [2.24, 2.45) is 0 Å². The van der Waals surface area contributed by atoms with Gasteiger partial charge < -0.3 is 10.4 Å². The van der Waals surface area contributed by atoms with Crippen LogP contribution < -0.4 is 15.0 Å². The van der Waals surface area contributed by atoms with E-state index in [2.05, 4.69) is 5.32 Å². The second-order valence-corrected chi connectivity index (χ2v) is 8.06. The van der Waals surface area contributed by atoms with Gasteiger partial charge in [0.2, 0.25) is 5.70 Å². The van der Waals surface area contributed by atoms with Crippen LogP contribution in [-0.4, -0.2) is 4.99 Å². The Labute approximate surface area is 186 Å². The maximum Gasteiger partial charge on any atom is 0.238 e. The Morgan fingerprint density at radius 3 is 2.34 bits per heavy atom. The first-order valence-corrected chi connectivity index (χ1v) is 10.2. The fourth-order valence-corrected chi connectivity index (χ4v) is 3.73. The lowest BCUT2D eigenvalue weighted by Crippen LogP contribution is -2.40. The van der Waals surface area contributed by atoms with Gasteiger partial charge in [-0.15, -0.1) is 0 Å². The van der Waals surface area contributed by atoms with Crippen LogP contribution in [0.5, 0.6) is 0 Å². The zero-order valence-electron chi connectivity index (χ0n) is 16.3. The number of nitrogens with one attached hydrogen (secondary N) is 1.